The third-order valence-corrected chi connectivity index (χ3v) is 8.13. The fourth-order valence-electron chi connectivity index (χ4n) is 4.57. The van der Waals surface area contributed by atoms with Gasteiger partial charge in [0.05, 0.1) is 13.2 Å². The summed E-state index contributed by atoms with van der Waals surface area (Å²) in [4.78, 5) is 23.2. The summed E-state index contributed by atoms with van der Waals surface area (Å²) in [5, 5.41) is 9.82. The Kier molecular flexibility index (Phi) is 28.3. The van der Waals surface area contributed by atoms with E-state index in [-0.39, 0.29) is 19.2 Å². The van der Waals surface area contributed by atoms with E-state index in [1.54, 1.807) is 4.90 Å². The summed E-state index contributed by atoms with van der Waals surface area (Å²) in [5.41, 5.74) is 0. The Labute approximate surface area is 246 Å². The van der Waals surface area contributed by atoms with Crippen LogP contribution in [0.2, 0.25) is 0 Å². The van der Waals surface area contributed by atoms with Crippen LogP contribution in [-0.2, 0) is 23.1 Å². The molecule has 0 saturated carbocycles. The SMILES string of the molecule is CCCCCCCCCCCCCCCCCCCCCCCC(=O)OCC(O)COP(=O)(O)OCCN(C)C. The second-order valence-corrected chi connectivity index (χ2v) is 13.0. The number of carbonyl (C=O) groups excluding carboxylic acids is 1. The molecular formula is C31H64NO7P. The lowest BCUT2D eigenvalue weighted by atomic mass is 10.0. The maximum absolute atomic E-state index is 11.8. The molecule has 8 nitrogen and oxygen atoms in total. The van der Waals surface area contributed by atoms with Crippen LogP contribution in [-0.4, -0.2) is 67.4 Å². The Morgan fingerprint density at radius 2 is 1.07 bits per heavy atom. The zero-order valence-corrected chi connectivity index (χ0v) is 27.2. The highest BCUT2D eigenvalue weighted by molar-refractivity contribution is 7.47. The number of unbranched alkanes of at least 4 members (excludes halogenated alkanes) is 20. The summed E-state index contributed by atoms with van der Waals surface area (Å²) in [6.07, 6.45) is 26.9. The molecule has 0 fully saturated rings. The lowest BCUT2D eigenvalue weighted by molar-refractivity contribution is -0.147. The molecule has 0 aliphatic carbocycles. The molecule has 0 amide bonds. The average Bonchev–Trinajstić information content (AvgIpc) is 2.91. The fourth-order valence-corrected chi connectivity index (χ4v) is 5.31. The first-order valence-electron chi connectivity index (χ1n) is 16.4. The number of rotatable bonds is 31. The minimum atomic E-state index is -4.23. The Hall–Kier alpha value is -0.500. The van der Waals surface area contributed by atoms with Crippen LogP contribution in [0.4, 0.5) is 0 Å². The van der Waals surface area contributed by atoms with E-state index < -0.39 is 20.5 Å². The summed E-state index contributed by atoms with van der Waals surface area (Å²) < 4.78 is 26.3. The first-order valence-corrected chi connectivity index (χ1v) is 17.9. The van der Waals surface area contributed by atoms with Crippen molar-refractivity contribution in [2.75, 3.05) is 40.5 Å². The number of carbonyl (C=O) groups is 1. The Morgan fingerprint density at radius 1 is 0.675 bits per heavy atom. The van der Waals surface area contributed by atoms with Gasteiger partial charge in [0.2, 0.25) is 0 Å². The topological polar surface area (TPSA) is 106 Å². The van der Waals surface area contributed by atoms with Gasteiger partial charge in [-0.2, -0.15) is 0 Å². The van der Waals surface area contributed by atoms with E-state index in [0.717, 1.165) is 19.3 Å². The van der Waals surface area contributed by atoms with Gasteiger partial charge in [0.1, 0.15) is 12.7 Å². The Morgan fingerprint density at radius 3 is 1.48 bits per heavy atom. The van der Waals surface area contributed by atoms with Crippen molar-refractivity contribution in [3.63, 3.8) is 0 Å². The molecule has 0 bridgehead atoms. The molecule has 0 heterocycles. The average molecular weight is 594 g/mol. The number of hydrogen-bond acceptors (Lipinski definition) is 7. The molecule has 0 aliphatic rings. The molecule has 0 saturated heterocycles. The third-order valence-electron chi connectivity index (χ3n) is 7.14. The number of esters is 1. The number of likely N-dealkylation sites (N-methyl/N-ethyl adjacent to an activating group) is 1. The lowest BCUT2D eigenvalue weighted by Crippen LogP contribution is -2.24. The van der Waals surface area contributed by atoms with Crippen molar-refractivity contribution >= 4 is 13.8 Å². The van der Waals surface area contributed by atoms with Crippen molar-refractivity contribution in [3.05, 3.63) is 0 Å². The van der Waals surface area contributed by atoms with Gasteiger partial charge >= 0.3 is 13.8 Å². The number of hydrogen-bond donors (Lipinski definition) is 2. The monoisotopic (exact) mass is 593 g/mol. The molecule has 0 aromatic heterocycles. The van der Waals surface area contributed by atoms with Gasteiger partial charge in [0.15, 0.2) is 0 Å². The van der Waals surface area contributed by atoms with Crippen molar-refractivity contribution < 1.29 is 33.1 Å². The van der Waals surface area contributed by atoms with Gasteiger partial charge in [-0.25, -0.2) is 4.57 Å². The fraction of sp³-hybridized carbons (Fsp3) is 0.968. The van der Waals surface area contributed by atoms with Gasteiger partial charge in [-0.3, -0.25) is 13.8 Å². The van der Waals surface area contributed by atoms with Crippen LogP contribution in [0.25, 0.3) is 0 Å². The summed E-state index contributed by atoms with van der Waals surface area (Å²) in [5.74, 6) is -0.369. The molecule has 2 N–H and O–H groups in total. The van der Waals surface area contributed by atoms with E-state index in [4.69, 9.17) is 13.8 Å². The largest absolute Gasteiger partial charge is 0.472 e. The summed E-state index contributed by atoms with van der Waals surface area (Å²) in [6.45, 7) is 2.07. The minimum Gasteiger partial charge on any atom is -0.463 e. The smallest absolute Gasteiger partial charge is 0.463 e. The number of aliphatic hydroxyl groups is 1. The minimum absolute atomic E-state index is 0.0331. The molecule has 0 rings (SSSR count). The maximum atomic E-state index is 11.8. The molecule has 0 spiro atoms. The van der Waals surface area contributed by atoms with Crippen LogP contribution < -0.4 is 0 Å². The number of aliphatic hydroxyl groups excluding tert-OH is 1. The summed E-state index contributed by atoms with van der Waals surface area (Å²) in [6, 6.07) is 0. The van der Waals surface area contributed by atoms with Crippen molar-refractivity contribution in [2.24, 2.45) is 0 Å². The quantitative estimate of drug-likeness (QED) is 0.0471. The van der Waals surface area contributed by atoms with E-state index in [2.05, 4.69) is 6.92 Å². The van der Waals surface area contributed by atoms with Gasteiger partial charge in [0, 0.05) is 13.0 Å². The highest BCUT2D eigenvalue weighted by Gasteiger charge is 2.23. The molecule has 2 unspecified atom stereocenters. The summed E-state index contributed by atoms with van der Waals surface area (Å²) in [7, 11) is -0.604. The molecular weight excluding hydrogens is 529 g/mol. The van der Waals surface area contributed by atoms with Crippen LogP contribution in [0, 0.1) is 0 Å². The zero-order chi connectivity index (χ0) is 29.7. The first kappa shape index (κ1) is 39.5. The first-order chi connectivity index (χ1) is 19.3. The standard InChI is InChI=1S/C31H64NO7P/c1-4-5-6-7-8-9-10-11-12-13-14-15-16-17-18-19-20-21-22-23-24-25-31(34)37-28-30(33)29-39-40(35,36)38-27-26-32(2)3/h30,33H,4-29H2,1-3H3,(H,35,36). The van der Waals surface area contributed by atoms with Crippen molar-refractivity contribution in [2.45, 2.75) is 154 Å². The molecule has 9 heteroatoms. The van der Waals surface area contributed by atoms with Crippen LogP contribution in [0.15, 0.2) is 0 Å². The van der Waals surface area contributed by atoms with Crippen molar-refractivity contribution in [1.82, 2.24) is 4.90 Å². The second kappa shape index (κ2) is 28.6. The predicted molar refractivity (Wildman–Crippen MR) is 164 cm³/mol. The number of phosphoric ester groups is 1. The van der Waals surface area contributed by atoms with E-state index in [0.29, 0.717) is 13.0 Å². The number of ether oxygens (including phenoxy) is 1. The van der Waals surface area contributed by atoms with Crippen molar-refractivity contribution in [3.8, 4) is 0 Å². The molecule has 40 heavy (non-hydrogen) atoms. The maximum Gasteiger partial charge on any atom is 0.472 e. The van der Waals surface area contributed by atoms with Gasteiger partial charge in [-0.15, -0.1) is 0 Å². The van der Waals surface area contributed by atoms with Crippen LogP contribution in [0.1, 0.15) is 148 Å². The molecule has 0 aromatic rings. The highest BCUT2D eigenvalue weighted by Crippen LogP contribution is 2.43. The molecule has 240 valence electrons. The molecule has 0 radical (unpaired) electrons. The van der Waals surface area contributed by atoms with Crippen LogP contribution in [0.3, 0.4) is 0 Å². The van der Waals surface area contributed by atoms with Crippen LogP contribution >= 0.6 is 7.82 Å². The molecule has 0 aliphatic heterocycles. The van der Waals surface area contributed by atoms with Crippen molar-refractivity contribution in [1.29, 1.82) is 0 Å². The van der Waals surface area contributed by atoms with E-state index in [9.17, 15) is 19.4 Å². The number of nitrogens with zero attached hydrogens (tertiary/aromatic N) is 1. The third kappa shape index (κ3) is 30.5. The van der Waals surface area contributed by atoms with Gasteiger partial charge in [0.25, 0.3) is 0 Å². The van der Waals surface area contributed by atoms with Crippen LogP contribution in [0.5, 0.6) is 0 Å². The number of phosphoric acid groups is 1. The second-order valence-electron chi connectivity index (χ2n) is 11.6. The zero-order valence-electron chi connectivity index (χ0n) is 26.3. The predicted octanol–water partition coefficient (Wildman–Crippen LogP) is 8.19. The van der Waals surface area contributed by atoms with Gasteiger partial charge in [-0.05, 0) is 20.5 Å². The van der Waals surface area contributed by atoms with Gasteiger partial charge < -0.3 is 19.6 Å². The lowest BCUT2D eigenvalue weighted by Gasteiger charge is -2.16. The van der Waals surface area contributed by atoms with Gasteiger partial charge in [-0.1, -0.05) is 135 Å². The van der Waals surface area contributed by atoms with E-state index in [1.807, 2.05) is 14.1 Å². The Balaban J connectivity index is 3.38. The normalized spacial score (nSPS) is 13.9. The molecule has 2 atom stereocenters. The summed E-state index contributed by atoms with van der Waals surface area (Å²) >= 11 is 0. The Bertz CT molecular complexity index is 606. The highest BCUT2D eigenvalue weighted by atomic mass is 31.2. The van der Waals surface area contributed by atoms with E-state index in [1.165, 1.54) is 116 Å². The van der Waals surface area contributed by atoms with E-state index >= 15 is 0 Å². The molecule has 0 aromatic carbocycles.